The molecule has 1 heterocycles. The molecule has 0 unspecified atom stereocenters. The van der Waals surface area contributed by atoms with Gasteiger partial charge in [-0.1, -0.05) is 6.92 Å². The highest BCUT2D eigenvalue weighted by atomic mass is 16.3. The van der Waals surface area contributed by atoms with Gasteiger partial charge in [-0.25, -0.2) is 0 Å². The van der Waals surface area contributed by atoms with Crippen LogP contribution in [0, 0.1) is 0 Å². The van der Waals surface area contributed by atoms with Crippen molar-refractivity contribution in [2.75, 3.05) is 0 Å². The summed E-state index contributed by atoms with van der Waals surface area (Å²) in [5.74, 6) is 0. The van der Waals surface area contributed by atoms with E-state index in [2.05, 4.69) is 23.5 Å². The highest BCUT2D eigenvalue weighted by Gasteiger charge is 2.26. The Labute approximate surface area is 90.3 Å². The Morgan fingerprint density at radius 1 is 1.60 bits per heavy atom. The highest BCUT2D eigenvalue weighted by molar-refractivity contribution is 5.16. The number of rotatable bonds is 4. The summed E-state index contributed by atoms with van der Waals surface area (Å²) in [4.78, 5) is 0. The first kappa shape index (κ1) is 10.6. The second kappa shape index (κ2) is 4.33. The first-order chi connectivity index (χ1) is 7.19. The highest BCUT2D eigenvalue weighted by Crippen LogP contribution is 2.20. The molecule has 0 saturated heterocycles. The van der Waals surface area contributed by atoms with Gasteiger partial charge >= 0.3 is 0 Å². The zero-order chi connectivity index (χ0) is 10.8. The van der Waals surface area contributed by atoms with Gasteiger partial charge in [-0.05, 0) is 19.3 Å². The Bertz CT molecular complexity index is 329. The van der Waals surface area contributed by atoms with E-state index in [4.69, 9.17) is 5.11 Å². The summed E-state index contributed by atoms with van der Waals surface area (Å²) in [6, 6.07) is 0.491. The number of hydrogen-bond acceptors (Lipinski definition) is 3. The number of aliphatic hydroxyl groups excluding tert-OH is 1. The predicted octanol–water partition coefficient (Wildman–Crippen LogP) is 0.595. The molecular formula is C11H19N3O. The van der Waals surface area contributed by atoms with Crippen molar-refractivity contribution in [3.8, 4) is 0 Å². The van der Waals surface area contributed by atoms with Gasteiger partial charge in [0.1, 0.15) is 0 Å². The number of nitrogens with zero attached hydrogens (tertiary/aromatic N) is 2. The van der Waals surface area contributed by atoms with Crippen LogP contribution in [0.3, 0.4) is 0 Å². The molecule has 1 aromatic rings. The van der Waals surface area contributed by atoms with E-state index < -0.39 is 0 Å². The largest absolute Gasteiger partial charge is 0.393 e. The van der Waals surface area contributed by atoms with Crippen LogP contribution in [0.15, 0.2) is 6.20 Å². The van der Waals surface area contributed by atoms with Crippen LogP contribution in [0.25, 0.3) is 0 Å². The van der Waals surface area contributed by atoms with Crippen molar-refractivity contribution in [1.82, 2.24) is 15.1 Å². The summed E-state index contributed by atoms with van der Waals surface area (Å²) in [5.41, 5.74) is 2.45. The zero-order valence-electron chi connectivity index (χ0n) is 9.40. The van der Waals surface area contributed by atoms with Crippen LogP contribution < -0.4 is 5.32 Å². The van der Waals surface area contributed by atoms with Crippen molar-refractivity contribution >= 4 is 0 Å². The lowest BCUT2D eigenvalue weighted by atomic mass is 9.89. The Morgan fingerprint density at radius 3 is 2.93 bits per heavy atom. The Hall–Kier alpha value is -0.870. The monoisotopic (exact) mass is 209 g/mol. The molecule has 4 nitrogen and oxygen atoms in total. The first-order valence-electron chi connectivity index (χ1n) is 5.62. The van der Waals surface area contributed by atoms with Crippen molar-refractivity contribution in [2.24, 2.45) is 7.05 Å². The van der Waals surface area contributed by atoms with Crippen molar-refractivity contribution < 1.29 is 5.11 Å². The van der Waals surface area contributed by atoms with Gasteiger partial charge in [0.25, 0.3) is 0 Å². The maximum atomic E-state index is 9.16. The minimum absolute atomic E-state index is 0.0814. The molecule has 1 aliphatic rings. The van der Waals surface area contributed by atoms with Crippen LogP contribution in [0.5, 0.6) is 0 Å². The van der Waals surface area contributed by atoms with E-state index in [1.54, 1.807) is 0 Å². The molecule has 0 radical (unpaired) electrons. The lowest BCUT2D eigenvalue weighted by Crippen LogP contribution is -2.43. The smallest absolute Gasteiger partial charge is 0.0666 e. The second-order valence-corrected chi connectivity index (χ2v) is 4.33. The van der Waals surface area contributed by atoms with Crippen LogP contribution in [0.2, 0.25) is 0 Å². The van der Waals surface area contributed by atoms with Gasteiger partial charge in [0, 0.05) is 31.4 Å². The van der Waals surface area contributed by atoms with E-state index in [9.17, 15) is 0 Å². The molecule has 0 aliphatic heterocycles. The fourth-order valence-corrected chi connectivity index (χ4v) is 2.04. The van der Waals surface area contributed by atoms with E-state index in [0.29, 0.717) is 6.04 Å². The third kappa shape index (κ3) is 2.38. The summed E-state index contributed by atoms with van der Waals surface area (Å²) in [6.07, 6.45) is 4.75. The third-order valence-electron chi connectivity index (χ3n) is 3.02. The number of aliphatic hydroxyl groups is 1. The lowest BCUT2D eigenvalue weighted by Gasteiger charge is -2.32. The fourth-order valence-electron chi connectivity index (χ4n) is 2.04. The van der Waals surface area contributed by atoms with Gasteiger partial charge in [0.15, 0.2) is 0 Å². The number of aryl methyl sites for hydroxylation is 2. The minimum Gasteiger partial charge on any atom is -0.393 e. The average Bonchev–Trinajstić information content (AvgIpc) is 2.52. The molecule has 1 saturated carbocycles. The molecule has 0 amide bonds. The molecule has 2 rings (SSSR count). The number of aromatic nitrogens is 2. The Kier molecular flexibility index (Phi) is 3.07. The van der Waals surface area contributed by atoms with Gasteiger partial charge < -0.3 is 10.4 Å². The molecule has 1 fully saturated rings. The van der Waals surface area contributed by atoms with Gasteiger partial charge in [-0.15, -0.1) is 0 Å². The molecule has 2 N–H and O–H groups in total. The molecule has 1 aromatic heterocycles. The second-order valence-electron chi connectivity index (χ2n) is 4.33. The van der Waals surface area contributed by atoms with E-state index in [0.717, 1.165) is 25.8 Å². The summed E-state index contributed by atoms with van der Waals surface area (Å²) < 4.78 is 1.87. The molecule has 4 heteroatoms. The summed E-state index contributed by atoms with van der Waals surface area (Å²) in [5, 5.41) is 17.0. The molecular weight excluding hydrogens is 190 g/mol. The van der Waals surface area contributed by atoms with Crippen LogP contribution in [0.4, 0.5) is 0 Å². The van der Waals surface area contributed by atoms with Crippen LogP contribution >= 0.6 is 0 Å². The van der Waals surface area contributed by atoms with Crippen molar-refractivity contribution in [3.63, 3.8) is 0 Å². The van der Waals surface area contributed by atoms with E-state index in [1.807, 2.05) is 11.7 Å². The van der Waals surface area contributed by atoms with Gasteiger partial charge in [-0.3, -0.25) is 4.68 Å². The maximum absolute atomic E-state index is 9.16. The van der Waals surface area contributed by atoms with Crippen molar-refractivity contribution in [3.05, 3.63) is 17.5 Å². The predicted molar refractivity (Wildman–Crippen MR) is 58.5 cm³/mol. The van der Waals surface area contributed by atoms with Gasteiger partial charge in [0.2, 0.25) is 0 Å². The normalized spacial score (nSPS) is 25.3. The summed E-state index contributed by atoms with van der Waals surface area (Å²) in [7, 11) is 1.95. The lowest BCUT2D eigenvalue weighted by molar-refractivity contribution is 0.0619. The van der Waals surface area contributed by atoms with E-state index >= 15 is 0 Å². The molecule has 1 aliphatic carbocycles. The molecule has 84 valence electrons. The average molecular weight is 209 g/mol. The molecule has 0 atom stereocenters. The maximum Gasteiger partial charge on any atom is 0.0666 e. The summed E-state index contributed by atoms with van der Waals surface area (Å²) >= 11 is 0. The third-order valence-corrected chi connectivity index (χ3v) is 3.02. The molecule has 0 aromatic carbocycles. The molecule has 0 spiro atoms. The van der Waals surface area contributed by atoms with Crippen molar-refractivity contribution in [2.45, 2.75) is 44.9 Å². The van der Waals surface area contributed by atoms with Crippen molar-refractivity contribution in [1.29, 1.82) is 0 Å². The SMILES string of the molecule is CCc1nn(C)cc1CNC1CC(O)C1. The topological polar surface area (TPSA) is 50.1 Å². The van der Waals surface area contributed by atoms with Crippen LogP contribution in [0.1, 0.15) is 31.0 Å². The van der Waals surface area contributed by atoms with Gasteiger partial charge in [0.05, 0.1) is 11.8 Å². The zero-order valence-corrected chi connectivity index (χ0v) is 9.40. The van der Waals surface area contributed by atoms with Crippen LogP contribution in [-0.2, 0) is 20.0 Å². The van der Waals surface area contributed by atoms with E-state index in [1.165, 1.54) is 11.3 Å². The minimum atomic E-state index is -0.0814. The Morgan fingerprint density at radius 2 is 2.33 bits per heavy atom. The summed E-state index contributed by atoms with van der Waals surface area (Å²) in [6.45, 7) is 2.99. The Balaban J connectivity index is 1.87. The van der Waals surface area contributed by atoms with Gasteiger partial charge in [-0.2, -0.15) is 5.10 Å². The molecule has 0 bridgehead atoms. The number of nitrogens with one attached hydrogen (secondary N) is 1. The van der Waals surface area contributed by atoms with Crippen LogP contribution in [-0.4, -0.2) is 27.0 Å². The van der Waals surface area contributed by atoms with E-state index in [-0.39, 0.29) is 6.10 Å². The standard InChI is InChI=1S/C11H19N3O/c1-3-11-8(7-14(2)13-11)6-12-9-4-10(15)5-9/h7,9-10,12,15H,3-6H2,1-2H3. The first-order valence-corrected chi connectivity index (χ1v) is 5.62. The number of hydrogen-bond donors (Lipinski definition) is 2. The quantitative estimate of drug-likeness (QED) is 0.763. The molecule has 15 heavy (non-hydrogen) atoms. The fraction of sp³-hybridized carbons (Fsp3) is 0.727.